The number of fused-ring (bicyclic) bond motifs is 1. The summed E-state index contributed by atoms with van der Waals surface area (Å²) in [6.07, 6.45) is 2.82. The predicted molar refractivity (Wildman–Crippen MR) is 171 cm³/mol. The molecule has 41 heavy (non-hydrogen) atoms. The van der Waals surface area contributed by atoms with E-state index in [0.717, 1.165) is 45.7 Å². The van der Waals surface area contributed by atoms with Gasteiger partial charge in [0, 0.05) is 47.3 Å². The van der Waals surface area contributed by atoms with E-state index >= 15 is 0 Å². The van der Waals surface area contributed by atoms with Crippen LogP contribution in [0.25, 0.3) is 10.9 Å². The molecule has 4 aromatic carbocycles. The molecule has 0 aliphatic rings. The van der Waals surface area contributed by atoms with Crippen LogP contribution in [-0.2, 0) is 13.0 Å². The smallest absolute Gasteiger partial charge is 0.173 e. The van der Waals surface area contributed by atoms with Crippen molar-refractivity contribution in [1.29, 1.82) is 0 Å². The molecule has 0 atom stereocenters. The first kappa shape index (κ1) is 27.9. The molecule has 5 rings (SSSR count). The van der Waals surface area contributed by atoms with Gasteiger partial charge in [0.15, 0.2) is 16.6 Å². The Labute approximate surface area is 245 Å². The molecule has 8 heteroatoms. The maximum absolute atomic E-state index is 10.2. The molecule has 0 saturated heterocycles. The molecule has 0 aliphatic heterocycles. The molecule has 210 valence electrons. The molecule has 4 N–H and O–H groups in total. The van der Waals surface area contributed by atoms with Crippen molar-refractivity contribution in [2.75, 3.05) is 30.9 Å². The first-order valence-electron chi connectivity index (χ1n) is 13.6. The van der Waals surface area contributed by atoms with Crippen LogP contribution in [0.1, 0.15) is 18.1 Å². The highest BCUT2D eigenvalue weighted by Crippen LogP contribution is 2.28. The summed E-state index contributed by atoms with van der Waals surface area (Å²) in [5.41, 5.74) is 6.16. The van der Waals surface area contributed by atoms with E-state index in [9.17, 15) is 5.11 Å². The largest absolute Gasteiger partial charge is 0.504 e. The fraction of sp³-hybridized carbons (Fsp3) is 0.182. The summed E-state index contributed by atoms with van der Waals surface area (Å²) in [4.78, 5) is 5.49. The van der Waals surface area contributed by atoms with Gasteiger partial charge in [0.05, 0.1) is 13.7 Å². The van der Waals surface area contributed by atoms with E-state index in [1.54, 1.807) is 13.2 Å². The molecule has 5 aromatic rings. The molecule has 0 aliphatic carbocycles. The summed E-state index contributed by atoms with van der Waals surface area (Å²) in [6.45, 7) is 3.59. The Morgan fingerprint density at radius 2 is 1.68 bits per heavy atom. The molecule has 0 amide bonds. The fourth-order valence-electron chi connectivity index (χ4n) is 4.68. The van der Waals surface area contributed by atoms with Gasteiger partial charge in [0.2, 0.25) is 0 Å². The minimum absolute atomic E-state index is 0.125. The summed E-state index contributed by atoms with van der Waals surface area (Å²) in [7, 11) is 1.68. The van der Waals surface area contributed by atoms with E-state index in [2.05, 4.69) is 26.6 Å². The molecular weight excluding hydrogens is 532 g/mol. The number of rotatable bonds is 11. The number of nitrogens with zero attached hydrogens (tertiary/aromatic N) is 1. The molecular formula is C33H34N4O3S. The number of aromatic hydroxyl groups is 1. The summed E-state index contributed by atoms with van der Waals surface area (Å²) in [5.74, 6) is 1.42. The number of phenols is 1. The van der Waals surface area contributed by atoms with Crippen LogP contribution in [0.2, 0.25) is 0 Å². The van der Waals surface area contributed by atoms with Gasteiger partial charge in [-0.3, -0.25) is 0 Å². The van der Waals surface area contributed by atoms with Crippen LogP contribution in [0.3, 0.4) is 0 Å². The number of nitrogens with one attached hydrogen (secondary N) is 3. The minimum atomic E-state index is 0.125. The minimum Gasteiger partial charge on any atom is -0.504 e. The lowest BCUT2D eigenvalue weighted by Crippen LogP contribution is -2.35. The Kier molecular flexibility index (Phi) is 8.91. The Balaban J connectivity index is 1.33. The zero-order chi connectivity index (χ0) is 28.6. The molecule has 0 fully saturated rings. The lowest BCUT2D eigenvalue weighted by molar-refractivity contribution is 0.317. The van der Waals surface area contributed by atoms with E-state index in [-0.39, 0.29) is 5.75 Å². The van der Waals surface area contributed by atoms with Gasteiger partial charge in [-0.2, -0.15) is 0 Å². The first-order chi connectivity index (χ1) is 20.0. The highest BCUT2D eigenvalue weighted by Gasteiger charge is 2.15. The van der Waals surface area contributed by atoms with E-state index in [1.807, 2.05) is 92.0 Å². The number of aromatic nitrogens is 1. The SMILES string of the molecule is CCOc1cc(CN(CCc2c[nH]c3ccc(OC)cc23)C(=S)Nc2ccc(Nc3ccccc3)cc2)ccc1O. The van der Waals surface area contributed by atoms with Crippen LogP contribution in [0, 0.1) is 0 Å². The average molecular weight is 567 g/mol. The lowest BCUT2D eigenvalue weighted by atomic mass is 10.1. The zero-order valence-corrected chi connectivity index (χ0v) is 24.0. The number of phenolic OH excluding ortho intramolecular Hbond substituents is 1. The maximum atomic E-state index is 10.2. The van der Waals surface area contributed by atoms with Crippen LogP contribution in [0.4, 0.5) is 17.1 Å². The van der Waals surface area contributed by atoms with Crippen LogP contribution >= 0.6 is 12.2 Å². The second kappa shape index (κ2) is 13.1. The Hall–Kier alpha value is -4.69. The van der Waals surface area contributed by atoms with Crippen molar-refractivity contribution in [2.24, 2.45) is 0 Å². The number of H-pyrrole nitrogens is 1. The normalized spacial score (nSPS) is 10.8. The Morgan fingerprint density at radius 3 is 2.44 bits per heavy atom. The van der Waals surface area contributed by atoms with E-state index < -0.39 is 0 Å². The van der Waals surface area contributed by atoms with Crippen LogP contribution in [-0.4, -0.2) is 40.4 Å². The second-order valence-electron chi connectivity index (χ2n) is 9.63. The van der Waals surface area contributed by atoms with E-state index in [4.69, 9.17) is 21.7 Å². The zero-order valence-electron chi connectivity index (χ0n) is 23.2. The number of benzene rings is 4. The van der Waals surface area contributed by atoms with Gasteiger partial charge >= 0.3 is 0 Å². The third-order valence-electron chi connectivity index (χ3n) is 6.81. The summed E-state index contributed by atoms with van der Waals surface area (Å²) < 4.78 is 11.1. The molecule has 1 heterocycles. The van der Waals surface area contributed by atoms with Gasteiger partial charge in [0.1, 0.15) is 5.75 Å². The van der Waals surface area contributed by atoms with Crippen LogP contribution in [0.5, 0.6) is 17.2 Å². The van der Waals surface area contributed by atoms with Crippen molar-refractivity contribution in [3.8, 4) is 17.2 Å². The second-order valence-corrected chi connectivity index (χ2v) is 10.0. The summed E-state index contributed by atoms with van der Waals surface area (Å²) in [6, 6.07) is 29.6. The van der Waals surface area contributed by atoms with Gasteiger partial charge in [-0.15, -0.1) is 0 Å². The molecule has 0 radical (unpaired) electrons. The Morgan fingerprint density at radius 1 is 0.927 bits per heavy atom. The van der Waals surface area contributed by atoms with E-state index in [1.165, 1.54) is 5.56 Å². The lowest BCUT2D eigenvalue weighted by Gasteiger charge is -2.26. The van der Waals surface area contributed by atoms with Crippen molar-refractivity contribution in [3.05, 3.63) is 108 Å². The van der Waals surface area contributed by atoms with Crippen molar-refractivity contribution >= 4 is 45.3 Å². The van der Waals surface area contributed by atoms with Gasteiger partial charge in [-0.1, -0.05) is 24.3 Å². The third-order valence-corrected chi connectivity index (χ3v) is 7.17. The average Bonchev–Trinajstić information content (AvgIpc) is 3.40. The van der Waals surface area contributed by atoms with Crippen molar-refractivity contribution < 1.29 is 14.6 Å². The van der Waals surface area contributed by atoms with E-state index in [0.29, 0.717) is 30.6 Å². The molecule has 0 bridgehead atoms. The number of methoxy groups -OCH3 is 1. The van der Waals surface area contributed by atoms with Gasteiger partial charge < -0.3 is 35.1 Å². The Bertz CT molecular complexity index is 1600. The summed E-state index contributed by atoms with van der Waals surface area (Å²) >= 11 is 5.93. The van der Waals surface area contributed by atoms with Crippen LogP contribution < -0.4 is 20.1 Å². The number of para-hydroxylation sites is 1. The highest BCUT2D eigenvalue weighted by molar-refractivity contribution is 7.80. The number of hydrogen-bond donors (Lipinski definition) is 4. The quantitative estimate of drug-likeness (QED) is 0.124. The van der Waals surface area contributed by atoms with Gasteiger partial charge in [-0.25, -0.2) is 0 Å². The van der Waals surface area contributed by atoms with Crippen molar-refractivity contribution in [1.82, 2.24) is 9.88 Å². The van der Waals surface area contributed by atoms with Gasteiger partial charge in [-0.05, 0) is 103 Å². The topological polar surface area (TPSA) is 81.8 Å². The van der Waals surface area contributed by atoms with Crippen molar-refractivity contribution in [3.63, 3.8) is 0 Å². The number of aromatic amines is 1. The molecule has 0 spiro atoms. The number of anilines is 3. The third kappa shape index (κ3) is 7.10. The molecule has 0 unspecified atom stereocenters. The number of ether oxygens (including phenoxy) is 2. The van der Waals surface area contributed by atoms with Gasteiger partial charge in [0.25, 0.3) is 0 Å². The predicted octanol–water partition coefficient (Wildman–Crippen LogP) is 7.47. The van der Waals surface area contributed by atoms with Crippen LogP contribution in [0.15, 0.2) is 97.2 Å². The molecule has 0 saturated carbocycles. The highest BCUT2D eigenvalue weighted by atomic mass is 32.1. The summed E-state index contributed by atoms with van der Waals surface area (Å²) in [5, 5.41) is 18.8. The molecule has 1 aromatic heterocycles. The fourth-order valence-corrected chi connectivity index (χ4v) is 4.95. The monoisotopic (exact) mass is 566 g/mol. The number of hydrogen-bond acceptors (Lipinski definition) is 5. The first-order valence-corrected chi connectivity index (χ1v) is 14.0. The van der Waals surface area contributed by atoms with Crippen molar-refractivity contribution in [2.45, 2.75) is 19.9 Å². The maximum Gasteiger partial charge on any atom is 0.173 e. The standard InChI is InChI=1S/C33H34N4O3S/c1-3-40-32-19-23(9-16-31(32)38)22-37(18-17-24-21-34-30-15-14-28(39-2)20-29(24)30)33(41)36-27-12-10-26(11-13-27)35-25-7-5-4-6-8-25/h4-16,19-21,34-35,38H,3,17-18,22H2,1-2H3,(H,36,41). The number of thiocarbonyl (C=S) groups is 1. The molecule has 7 nitrogen and oxygen atoms in total.